The molecule has 2 aromatic rings. The quantitative estimate of drug-likeness (QED) is 0.338. The molecule has 5 nitrogen and oxygen atoms in total. The van der Waals surface area contributed by atoms with Crippen molar-refractivity contribution in [1.29, 1.82) is 0 Å². The molecule has 0 saturated heterocycles. The van der Waals surface area contributed by atoms with Gasteiger partial charge >= 0.3 is 0 Å². The summed E-state index contributed by atoms with van der Waals surface area (Å²) in [6, 6.07) is 11.5. The molecule has 0 aliphatic carbocycles. The minimum atomic E-state index is 0.0871. The van der Waals surface area contributed by atoms with Crippen molar-refractivity contribution in [1.82, 2.24) is 5.32 Å². The molecule has 4 N–H and O–H groups in total. The number of benzene rings is 1. The number of aryl methyl sites for hydroxylation is 1. The maximum Gasteiger partial charge on any atom is 0.170 e. The van der Waals surface area contributed by atoms with Crippen molar-refractivity contribution in [3.05, 3.63) is 59.0 Å². The summed E-state index contributed by atoms with van der Waals surface area (Å²) >= 11 is 0. The standard InChI is InChI=1S/C15H19N3O2/c1-10-7-8-14(20-10)11(2)17-9-12-5-3-4-6-13(12)15(16)18-19/h3-8,11,17,19H,9H2,1-2H3,(H2,16,18). The molecule has 1 atom stereocenters. The molecule has 1 aromatic heterocycles. The summed E-state index contributed by atoms with van der Waals surface area (Å²) in [5, 5.41) is 15.2. The predicted molar refractivity (Wildman–Crippen MR) is 77.7 cm³/mol. The van der Waals surface area contributed by atoms with E-state index in [1.54, 1.807) is 0 Å². The lowest BCUT2D eigenvalue weighted by molar-refractivity contribution is 0.318. The number of hydrogen-bond acceptors (Lipinski definition) is 4. The third kappa shape index (κ3) is 3.19. The van der Waals surface area contributed by atoms with E-state index >= 15 is 0 Å². The van der Waals surface area contributed by atoms with Gasteiger partial charge in [0, 0.05) is 12.1 Å². The van der Waals surface area contributed by atoms with Crippen LogP contribution in [0, 0.1) is 6.92 Å². The average Bonchev–Trinajstić information content (AvgIpc) is 2.91. The monoisotopic (exact) mass is 273 g/mol. The van der Waals surface area contributed by atoms with E-state index in [1.165, 1.54) is 0 Å². The van der Waals surface area contributed by atoms with Crippen molar-refractivity contribution in [2.75, 3.05) is 0 Å². The molecule has 1 aromatic carbocycles. The third-order valence-electron chi connectivity index (χ3n) is 3.19. The van der Waals surface area contributed by atoms with Gasteiger partial charge < -0.3 is 20.7 Å². The van der Waals surface area contributed by atoms with Crippen molar-refractivity contribution in [2.45, 2.75) is 26.4 Å². The Morgan fingerprint density at radius 2 is 2.10 bits per heavy atom. The third-order valence-corrected chi connectivity index (χ3v) is 3.19. The van der Waals surface area contributed by atoms with Gasteiger partial charge in [-0.3, -0.25) is 0 Å². The van der Waals surface area contributed by atoms with Gasteiger partial charge in [-0.2, -0.15) is 0 Å². The van der Waals surface area contributed by atoms with Gasteiger partial charge in [-0.15, -0.1) is 0 Å². The maximum atomic E-state index is 8.80. The van der Waals surface area contributed by atoms with Crippen molar-refractivity contribution in [3.8, 4) is 0 Å². The minimum Gasteiger partial charge on any atom is -0.465 e. The first-order valence-electron chi connectivity index (χ1n) is 6.47. The van der Waals surface area contributed by atoms with Gasteiger partial charge in [-0.1, -0.05) is 29.4 Å². The molecule has 1 heterocycles. The first-order chi connectivity index (χ1) is 9.61. The minimum absolute atomic E-state index is 0.0871. The number of hydrogen-bond donors (Lipinski definition) is 3. The maximum absolute atomic E-state index is 8.80. The lowest BCUT2D eigenvalue weighted by Gasteiger charge is -2.13. The van der Waals surface area contributed by atoms with Crippen molar-refractivity contribution >= 4 is 5.84 Å². The lowest BCUT2D eigenvalue weighted by Crippen LogP contribution is -2.21. The molecule has 2 rings (SSSR count). The molecule has 20 heavy (non-hydrogen) atoms. The van der Waals surface area contributed by atoms with Crippen LogP contribution >= 0.6 is 0 Å². The fraction of sp³-hybridized carbons (Fsp3) is 0.267. The van der Waals surface area contributed by atoms with Crippen LogP contribution in [0.5, 0.6) is 0 Å². The molecule has 0 bridgehead atoms. The topological polar surface area (TPSA) is 83.8 Å². The lowest BCUT2D eigenvalue weighted by atomic mass is 10.1. The fourth-order valence-electron chi connectivity index (χ4n) is 2.03. The fourth-order valence-corrected chi connectivity index (χ4v) is 2.03. The van der Waals surface area contributed by atoms with E-state index in [2.05, 4.69) is 10.5 Å². The van der Waals surface area contributed by atoms with E-state index in [-0.39, 0.29) is 11.9 Å². The van der Waals surface area contributed by atoms with E-state index in [9.17, 15) is 0 Å². The number of nitrogens with zero attached hydrogens (tertiary/aromatic N) is 1. The Balaban J connectivity index is 2.08. The summed E-state index contributed by atoms with van der Waals surface area (Å²) in [5.41, 5.74) is 7.37. The second-order valence-corrected chi connectivity index (χ2v) is 4.69. The van der Waals surface area contributed by atoms with Crippen molar-refractivity contribution in [2.24, 2.45) is 10.9 Å². The first-order valence-corrected chi connectivity index (χ1v) is 6.47. The summed E-state index contributed by atoms with van der Waals surface area (Å²) in [5.74, 6) is 1.90. The van der Waals surface area contributed by atoms with Crippen LogP contribution in [0.1, 0.15) is 35.6 Å². The smallest absolute Gasteiger partial charge is 0.170 e. The second kappa shape index (κ2) is 6.25. The molecule has 0 aliphatic rings. The molecule has 0 amide bonds. The molecule has 5 heteroatoms. The van der Waals surface area contributed by atoms with Gasteiger partial charge in [-0.25, -0.2) is 0 Å². The van der Waals surface area contributed by atoms with Crippen LogP contribution in [0.3, 0.4) is 0 Å². The highest BCUT2D eigenvalue weighted by Crippen LogP contribution is 2.17. The zero-order chi connectivity index (χ0) is 14.5. The first kappa shape index (κ1) is 14.1. The zero-order valence-corrected chi connectivity index (χ0v) is 11.6. The Morgan fingerprint density at radius 3 is 2.75 bits per heavy atom. The Kier molecular flexibility index (Phi) is 4.42. The average molecular weight is 273 g/mol. The van der Waals surface area contributed by atoms with Gasteiger partial charge in [0.05, 0.1) is 6.04 Å². The van der Waals surface area contributed by atoms with Crippen LogP contribution in [-0.4, -0.2) is 11.0 Å². The van der Waals surface area contributed by atoms with Crippen LogP contribution in [0.15, 0.2) is 46.0 Å². The highest BCUT2D eigenvalue weighted by atomic mass is 16.4. The summed E-state index contributed by atoms with van der Waals surface area (Å²) < 4.78 is 5.58. The Labute approximate surface area is 118 Å². The molecular formula is C15H19N3O2. The van der Waals surface area contributed by atoms with Gasteiger partial charge in [0.25, 0.3) is 0 Å². The summed E-state index contributed by atoms with van der Waals surface area (Å²) in [6.07, 6.45) is 0. The molecule has 106 valence electrons. The van der Waals surface area contributed by atoms with Crippen LogP contribution in [-0.2, 0) is 6.54 Å². The van der Waals surface area contributed by atoms with Crippen molar-refractivity contribution < 1.29 is 9.62 Å². The van der Waals surface area contributed by atoms with E-state index in [0.717, 1.165) is 22.6 Å². The van der Waals surface area contributed by atoms with Crippen LogP contribution in [0.25, 0.3) is 0 Å². The molecule has 1 unspecified atom stereocenters. The number of rotatable bonds is 5. The molecule has 0 fully saturated rings. The Hall–Kier alpha value is -2.27. The number of nitrogens with one attached hydrogen (secondary N) is 1. The van der Waals surface area contributed by atoms with Crippen molar-refractivity contribution in [3.63, 3.8) is 0 Å². The van der Waals surface area contributed by atoms with E-state index in [4.69, 9.17) is 15.4 Å². The largest absolute Gasteiger partial charge is 0.465 e. The summed E-state index contributed by atoms with van der Waals surface area (Å²) in [6.45, 7) is 4.56. The summed E-state index contributed by atoms with van der Waals surface area (Å²) in [7, 11) is 0. The second-order valence-electron chi connectivity index (χ2n) is 4.69. The van der Waals surface area contributed by atoms with Crippen LogP contribution < -0.4 is 11.1 Å². The van der Waals surface area contributed by atoms with Crippen LogP contribution in [0.2, 0.25) is 0 Å². The van der Waals surface area contributed by atoms with Gasteiger partial charge in [-0.05, 0) is 31.5 Å². The number of nitrogens with two attached hydrogens (primary N) is 1. The Morgan fingerprint density at radius 1 is 1.35 bits per heavy atom. The van der Waals surface area contributed by atoms with E-state index in [1.807, 2.05) is 50.2 Å². The van der Waals surface area contributed by atoms with Gasteiger partial charge in [0.1, 0.15) is 11.5 Å². The molecule has 0 radical (unpaired) electrons. The predicted octanol–water partition coefficient (Wildman–Crippen LogP) is 2.53. The molecular weight excluding hydrogens is 254 g/mol. The van der Waals surface area contributed by atoms with Gasteiger partial charge in [0.15, 0.2) is 5.84 Å². The molecule has 0 saturated carbocycles. The summed E-state index contributed by atoms with van der Waals surface area (Å²) in [4.78, 5) is 0. The van der Waals surface area contributed by atoms with Crippen LogP contribution in [0.4, 0.5) is 0 Å². The van der Waals surface area contributed by atoms with Gasteiger partial charge in [0.2, 0.25) is 0 Å². The normalized spacial score (nSPS) is 13.4. The van der Waals surface area contributed by atoms with E-state index < -0.39 is 0 Å². The number of amidine groups is 1. The SMILES string of the molecule is Cc1ccc(C(C)NCc2ccccc2C(N)=NO)o1. The zero-order valence-electron chi connectivity index (χ0n) is 11.6. The molecule has 0 aliphatic heterocycles. The highest BCUT2D eigenvalue weighted by Gasteiger charge is 2.11. The highest BCUT2D eigenvalue weighted by molar-refractivity contribution is 5.98. The molecule has 0 spiro atoms. The number of oxime groups is 1. The Bertz CT molecular complexity index is 605. The van der Waals surface area contributed by atoms with E-state index in [0.29, 0.717) is 6.54 Å². The number of furan rings is 1.